The predicted molar refractivity (Wildman–Crippen MR) is 75.9 cm³/mol. The number of ether oxygens (including phenoxy) is 2. The first-order valence-corrected chi connectivity index (χ1v) is 6.52. The first-order chi connectivity index (χ1) is 9.79. The molecule has 2 aromatic rings. The Kier molecular flexibility index (Phi) is 5.53. The minimum Gasteiger partial charge on any atom is -0.464 e. The van der Waals surface area contributed by atoms with E-state index >= 15 is 0 Å². The van der Waals surface area contributed by atoms with Gasteiger partial charge in [0.1, 0.15) is 0 Å². The molecule has 0 atom stereocenters. The van der Waals surface area contributed by atoms with Crippen LogP contribution < -0.4 is 10.5 Å². The molecule has 0 heterocycles. The van der Waals surface area contributed by atoms with Gasteiger partial charge in [0.05, 0.1) is 6.61 Å². The smallest absolute Gasteiger partial charge is 0.189 e. The molecule has 0 aliphatic heterocycles. The lowest BCUT2D eigenvalue weighted by Gasteiger charge is -2.09. The van der Waals surface area contributed by atoms with Gasteiger partial charge in [-0.1, -0.05) is 36.4 Å². The van der Waals surface area contributed by atoms with Crippen molar-refractivity contribution in [3.63, 3.8) is 0 Å². The molecule has 2 N–H and O–H groups in total. The molecule has 0 unspecified atom stereocenters. The van der Waals surface area contributed by atoms with Crippen LogP contribution in [0.5, 0.6) is 5.75 Å². The van der Waals surface area contributed by atoms with Crippen LogP contribution in [0, 0.1) is 5.82 Å². The van der Waals surface area contributed by atoms with Gasteiger partial charge in [-0.2, -0.15) is 0 Å². The molecule has 0 saturated carbocycles. The highest BCUT2D eigenvalue weighted by molar-refractivity contribution is 5.29. The highest BCUT2D eigenvalue weighted by atomic mass is 19.1. The van der Waals surface area contributed by atoms with E-state index in [1.54, 1.807) is 6.07 Å². The molecule has 2 rings (SSSR count). The maximum absolute atomic E-state index is 13.7. The third-order valence-corrected chi connectivity index (χ3v) is 2.84. The summed E-state index contributed by atoms with van der Waals surface area (Å²) >= 11 is 0. The normalized spacial score (nSPS) is 10.5. The molecule has 0 saturated heterocycles. The van der Waals surface area contributed by atoms with Gasteiger partial charge in [-0.25, -0.2) is 4.39 Å². The molecule has 0 bridgehead atoms. The number of rotatable bonds is 7. The third-order valence-electron chi connectivity index (χ3n) is 2.84. The maximum atomic E-state index is 13.7. The zero-order valence-corrected chi connectivity index (χ0v) is 11.2. The Hall–Kier alpha value is -1.91. The van der Waals surface area contributed by atoms with Crippen LogP contribution in [0.2, 0.25) is 0 Å². The molecule has 0 aliphatic carbocycles. The quantitative estimate of drug-likeness (QED) is 0.624. The molecule has 0 spiro atoms. The Morgan fingerprint density at radius 2 is 1.80 bits per heavy atom. The molecule has 0 aliphatic rings. The Morgan fingerprint density at radius 3 is 2.50 bits per heavy atom. The first kappa shape index (κ1) is 14.5. The zero-order valence-electron chi connectivity index (χ0n) is 11.2. The maximum Gasteiger partial charge on any atom is 0.189 e. The molecule has 2 aromatic carbocycles. The van der Waals surface area contributed by atoms with Gasteiger partial charge in [-0.3, -0.25) is 0 Å². The molecule has 3 nitrogen and oxygen atoms in total. The summed E-state index contributed by atoms with van der Waals surface area (Å²) in [5, 5.41) is 0. The van der Waals surface area contributed by atoms with Crippen molar-refractivity contribution in [1.82, 2.24) is 0 Å². The minimum absolute atomic E-state index is 0.0159. The van der Waals surface area contributed by atoms with E-state index in [9.17, 15) is 4.39 Å². The van der Waals surface area contributed by atoms with Crippen LogP contribution in [-0.4, -0.2) is 13.3 Å². The van der Waals surface area contributed by atoms with Crippen molar-refractivity contribution in [2.75, 3.05) is 13.3 Å². The number of nitrogens with two attached hydrogens (primary N) is 1. The minimum atomic E-state index is -0.390. The van der Waals surface area contributed by atoms with Gasteiger partial charge in [0.2, 0.25) is 0 Å². The summed E-state index contributed by atoms with van der Waals surface area (Å²) in [5.41, 5.74) is 7.34. The lowest BCUT2D eigenvalue weighted by atomic mass is 10.1. The van der Waals surface area contributed by atoms with Gasteiger partial charge in [-0.15, -0.1) is 0 Å². The average Bonchev–Trinajstić information content (AvgIpc) is 2.47. The Balaban J connectivity index is 1.79. The van der Waals surface area contributed by atoms with E-state index in [0.29, 0.717) is 19.6 Å². The highest BCUT2D eigenvalue weighted by Crippen LogP contribution is 2.18. The molecule has 20 heavy (non-hydrogen) atoms. The van der Waals surface area contributed by atoms with Gasteiger partial charge < -0.3 is 15.2 Å². The van der Waals surface area contributed by atoms with Crippen molar-refractivity contribution in [3.05, 3.63) is 65.5 Å². The number of hydrogen-bond donors (Lipinski definition) is 1. The lowest BCUT2D eigenvalue weighted by Crippen LogP contribution is -2.06. The molecule has 4 heteroatoms. The third kappa shape index (κ3) is 4.33. The summed E-state index contributed by atoms with van der Waals surface area (Å²) < 4.78 is 24.3. The number of hydrogen-bond acceptors (Lipinski definition) is 3. The van der Waals surface area contributed by atoms with Crippen LogP contribution in [0.25, 0.3) is 0 Å². The van der Waals surface area contributed by atoms with Crippen LogP contribution in [0.4, 0.5) is 4.39 Å². The summed E-state index contributed by atoms with van der Waals surface area (Å²) in [6, 6.07) is 14.6. The molecule has 106 valence electrons. The number of benzene rings is 2. The average molecular weight is 275 g/mol. The zero-order chi connectivity index (χ0) is 14.2. The largest absolute Gasteiger partial charge is 0.464 e. The van der Waals surface area contributed by atoms with E-state index in [4.69, 9.17) is 15.2 Å². The van der Waals surface area contributed by atoms with E-state index in [-0.39, 0.29) is 18.4 Å². The van der Waals surface area contributed by atoms with Crippen molar-refractivity contribution >= 4 is 0 Å². The summed E-state index contributed by atoms with van der Waals surface area (Å²) in [7, 11) is 0. The molecule has 0 radical (unpaired) electrons. The van der Waals surface area contributed by atoms with E-state index in [0.717, 1.165) is 11.1 Å². The summed E-state index contributed by atoms with van der Waals surface area (Å²) in [6.45, 7) is 0.954. The fourth-order valence-corrected chi connectivity index (χ4v) is 1.82. The van der Waals surface area contributed by atoms with Crippen molar-refractivity contribution in [2.24, 2.45) is 5.73 Å². The predicted octanol–water partition coefficient (Wildman–Crippen LogP) is 2.88. The first-order valence-electron chi connectivity index (χ1n) is 6.52. The van der Waals surface area contributed by atoms with Crippen LogP contribution in [0.1, 0.15) is 11.1 Å². The van der Waals surface area contributed by atoms with Gasteiger partial charge >= 0.3 is 0 Å². The molecule has 0 fully saturated rings. The molecular formula is C16H18FNO2. The Bertz CT molecular complexity index is 531. The second kappa shape index (κ2) is 7.62. The van der Waals surface area contributed by atoms with Gasteiger partial charge in [0, 0.05) is 0 Å². The molecule has 0 aromatic heterocycles. The van der Waals surface area contributed by atoms with Crippen molar-refractivity contribution in [1.29, 1.82) is 0 Å². The van der Waals surface area contributed by atoms with Crippen LogP contribution in [-0.2, 0) is 17.8 Å². The monoisotopic (exact) mass is 275 g/mol. The fourth-order valence-electron chi connectivity index (χ4n) is 1.82. The SMILES string of the molecule is NCCc1ccc(OCOCc2ccccc2)c(F)c1. The van der Waals surface area contributed by atoms with E-state index in [1.165, 1.54) is 6.07 Å². The van der Waals surface area contributed by atoms with Gasteiger partial charge in [-0.05, 0) is 36.2 Å². The molecular weight excluding hydrogens is 257 g/mol. The second-order valence-corrected chi connectivity index (χ2v) is 4.40. The van der Waals surface area contributed by atoms with E-state index in [1.807, 2.05) is 36.4 Å². The second-order valence-electron chi connectivity index (χ2n) is 4.40. The van der Waals surface area contributed by atoms with Gasteiger partial charge in [0.25, 0.3) is 0 Å². The summed E-state index contributed by atoms with van der Waals surface area (Å²) in [4.78, 5) is 0. The van der Waals surface area contributed by atoms with E-state index < -0.39 is 0 Å². The van der Waals surface area contributed by atoms with Crippen LogP contribution in [0.3, 0.4) is 0 Å². The summed E-state index contributed by atoms with van der Waals surface area (Å²) in [5.74, 6) is -0.196. The Labute approximate surface area is 118 Å². The van der Waals surface area contributed by atoms with Crippen molar-refractivity contribution in [2.45, 2.75) is 13.0 Å². The topological polar surface area (TPSA) is 44.5 Å². The summed E-state index contributed by atoms with van der Waals surface area (Å²) in [6.07, 6.45) is 0.654. The number of halogens is 1. The van der Waals surface area contributed by atoms with Crippen molar-refractivity contribution in [3.8, 4) is 5.75 Å². The Morgan fingerprint density at radius 1 is 1.00 bits per heavy atom. The van der Waals surface area contributed by atoms with Crippen LogP contribution >= 0.6 is 0 Å². The van der Waals surface area contributed by atoms with Crippen molar-refractivity contribution < 1.29 is 13.9 Å². The van der Waals surface area contributed by atoms with Gasteiger partial charge in [0.15, 0.2) is 18.4 Å². The fraction of sp³-hybridized carbons (Fsp3) is 0.250. The lowest BCUT2D eigenvalue weighted by molar-refractivity contribution is 0.00301. The molecule has 0 amide bonds. The van der Waals surface area contributed by atoms with E-state index in [2.05, 4.69) is 0 Å². The highest BCUT2D eigenvalue weighted by Gasteiger charge is 2.04. The van der Waals surface area contributed by atoms with Crippen LogP contribution in [0.15, 0.2) is 48.5 Å². The standard InChI is InChI=1S/C16H18FNO2/c17-15-10-13(8-9-18)6-7-16(15)20-12-19-11-14-4-2-1-3-5-14/h1-7,10H,8-9,11-12,18H2.